The zero-order valence-electron chi connectivity index (χ0n) is 8.67. The molecule has 15 heavy (non-hydrogen) atoms. The van der Waals surface area contributed by atoms with E-state index in [1.165, 1.54) is 17.7 Å². The van der Waals surface area contributed by atoms with E-state index in [9.17, 15) is 9.90 Å². The normalized spacial score (nSPS) is 12.5. The van der Waals surface area contributed by atoms with E-state index in [0.29, 0.717) is 5.69 Å². The summed E-state index contributed by atoms with van der Waals surface area (Å²) < 4.78 is 6.09. The first-order valence-electron chi connectivity index (χ1n) is 4.50. The van der Waals surface area contributed by atoms with Crippen molar-refractivity contribution in [2.45, 2.75) is 19.6 Å². The Kier molecular flexibility index (Phi) is 3.81. The fourth-order valence-electron chi connectivity index (χ4n) is 1.19. The van der Waals surface area contributed by atoms with Gasteiger partial charge in [0, 0.05) is 11.8 Å². The molecule has 1 aromatic rings. The molecule has 1 rings (SSSR count). The molecule has 0 fully saturated rings. The van der Waals surface area contributed by atoms with Gasteiger partial charge in [-0.05, 0) is 6.92 Å². The molecule has 84 valence electrons. The van der Waals surface area contributed by atoms with Crippen molar-refractivity contribution in [3.8, 4) is 6.01 Å². The summed E-state index contributed by atoms with van der Waals surface area (Å²) in [4.78, 5) is 15.5. The van der Waals surface area contributed by atoms with Gasteiger partial charge < -0.3 is 14.9 Å². The van der Waals surface area contributed by atoms with Crippen molar-refractivity contribution >= 4 is 0 Å². The lowest BCUT2D eigenvalue weighted by Gasteiger charge is -2.13. The van der Waals surface area contributed by atoms with Crippen molar-refractivity contribution in [3.63, 3.8) is 0 Å². The lowest BCUT2D eigenvalue weighted by molar-refractivity contribution is 0.0776. The zero-order chi connectivity index (χ0) is 11.4. The predicted molar refractivity (Wildman–Crippen MR) is 52.9 cm³/mol. The fourth-order valence-corrected chi connectivity index (χ4v) is 1.19. The van der Waals surface area contributed by atoms with Crippen LogP contribution in [0.25, 0.3) is 0 Å². The smallest absolute Gasteiger partial charge is 0.299 e. The van der Waals surface area contributed by atoms with Gasteiger partial charge >= 0.3 is 0 Å². The van der Waals surface area contributed by atoms with Crippen LogP contribution in [0.1, 0.15) is 5.69 Å². The van der Waals surface area contributed by atoms with E-state index in [4.69, 9.17) is 9.84 Å². The monoisotopic (exact) mass is 214 g/mol. The summed E-state index contributed by atoms with van der Waals surface area (Å²) in [6.07, 6.45) is -0.999. The minimum absolute atomic E-state index is 0.0359. The SMILES string of the molecule is COc1nc(C)cc(=O)n1CC(O)CO. The Bertz CT molecular complexity index is 388. The van der Waals surface area contributed by atoms with Crippen molar-refractivity contribution in [3.05, 3.63) is 22.1 Å². The molecule has 0 saturated carbocycles. The molecule has 1 aromatic heterocycles. The molecule has 0 bridgehead atoms. The standard InChI is InChI=1S/C9H14N2O4/c1-6-3-8(14)11(4-7(13)5-12)9(10-6)15-2/h3,7,12-13H,4-5H2,1-2H3. The van der Waals surface area contributed by atoms with Gasteiger partial charge in [-0.1, -0.05) is 0 Å². The van der Waals surface area contributed by atoms with Gasteiger partial charge in [0.2, 0.25) is 0 Å². The van der Waals surface area contributed by atoms with Crippen LogP contribution < -0.4 is 10.3 Å². The van der Waals surface area contributed by atoms with Crippen molar-refractivity contribution in [2.24, 2.45) is 0 Å². The Morgan fingerprint density at radius 3 is 2.87 bits per heavy atom. The summed E-state index contributed by atoms with van der Waals surface area (Å²) in [5.74, 6) is 0. The molecule has 6 nitrogen and oxygen atoms in total. The van der Waals surface area contributed by atoms with Crippen LogP contribution in [0.5, 0.6) is 6.01 Å². The van der Waals surface area contributed by atoms with E-state index in [0.717, 1.165) is 0 Å². The summed E-state index contributed by atoms with van der Waals surface area (Å²) >= 11 is 0. The van der Waals surface area contributed by atoms with Gasteiger partial charge in [0.25, 0.3) is 11.6 Å². The molecular formula is C9H14N2O4. The Morgan fingerprint density at radius 1 is 1.67 bits per heavy atom. The van der Waals surface area contributed by atoms with Crippen LogP contribution in [0, 0.1) is 6.92 Å². The highest BCUT2D eigenvalue weighted by Crippen LogP contribution is 2.04. The second kappa shape index (κ2) is 4.90. The maximum atomic E-state index is 11.5. The fraction of sp³-hybridized carbons (Fsp3) is 0.556. The Hall–Kier alpha value is -1.40. The molecule has 0 aromatic carbocycles. The maximum Gasteiger partial charge on any atom is 0.299 e. The van der Waals surface area contributed by atoms with Crippen molar-refractivity contribution in [2.75, 3.05) is 13.7 Å². The molecule has 0 radical (unpaired) electrons. The highest BCUT2D eigenvalue weighted by Gasteiger charge is 2.11. The van der Waals surface area contributed by atoms with Crippen molar-refractivity contribution in [1.29, 1.82) is 0 Å². The third-order valence-electron chi connectivity index (χ3n) is 1.89. The minimum atomic E-state index is -0.999. The van der Waals surface area contributed by atoms with Crippen molar-refractivity contribution < 1.29 is 14.9 Å². The largest absolute Gasteiger partial charge is 0.468 e. The topological polar surface area (TPSA) is 84.6 Å². The molecule has 0 aliphatic rings. The van der Waals surface area contributed by atoms with E-state index in [1.54, 1.807) is 6.92 Å². The second-order valence-corrected chi connectivity index (χ2v) is 3.17. The van der Waals surface area contributed by atoms with Gasteiger partial charge in [0.1, 0.15) is 0 Å². The number of hydrogen-bond donors (Lipinski definition) is 2. The summed E-state index contributed by atoms with van der Waals surface area (Å²) in [5.41, 5.74) is 0.235. The molecule has 6 heteroatoms. The molecule has 0 spiro atoms. The van der Waals surface area contributed by atoms with Crippen molar-refractivity contribution in [1.82, 2.24) is 9.55 Å². The molecule has 2 N–H and O–H groups in total. The number of aryl methyl sites for hydroxylation is 1. The van der Waals surface area contributed by atoms with E-state index in [1.807, 2.05) is 0 Å². The second-order valence-electron chi connectivity index (χ2n) is 3.17. The highest BCUT2D eigenvalue weighted by atomic mass is 16.5. The number of aliphatic hydroxyl groups is 2. The number of methoxy groups -OCH3 is 1. The molecule has 0 aliphatic heterocycles. The van der Waals surface area contributed by atoms with Crippen LogP contribution >= 0.6 is 0 Å². The lowest BCUT2D eigenvalue weighted by Crippen LogP contribution is -2.30. The van der Waals surface area contributed by atoms with E-state index >= 15 is 0 Å². The Balaban J connectivity index is 3.10. The summed E-state index contributed by atoms with van der Waals surface area (Å²) in [5, 5.41) is 17.9. The summed E-state index contributed by atoms with van der Waals surface area (Å²) in [7, 11) is 1.39. The highest BCUT2D eigenvalue weighted by molar-refractivity contribution is 5.06. The molecule has 0 amide bonds. The summed E-state index contributed by atoms with van der Waals surface area (Å²) in [6.45, 7) is 1.23. The molecule has 0 aliphatic carbocycles. The van der Waals surface area contributed by atoms with Gasteiger partial charge in [0.05, 0.1) is 26.4 Å². The minimum Gasteiger partial charge on any atom is -0.468 e. The lowest BCUT2D eigenvalue weighted by atomic mass is 10.3. The van der Waals surface area contributed by atoms with Crippen LogP contribution in [0.4, 0.5) is 0 Å². The van der Waals surface area contributed by atoms with Gasteiger partial charge in [-0.2, -0.15) is 0 Å². The van der Waals surface area contributed by atoms with Gasteiger partial charge in [-0.25, -0.2) is 4.98 Å². The number of ether oxygens (including phenoxy) is 1. The van der Waals surface area contributed by atoms with Gasteiger partial charge in [-0.15, -0.1) is 0 Å². The number of hydrogen-bond acceptors (Lipinski definition) is 5. The third-order valence-corrected chi connectivity index (χ3v) is 1.89. The molecule has 1 atom stereocenters. The van der Waals surface area contributed by atoms with E-state index in [2.05, 4.69) is 4.98 Å². The van der Waals surface area contributed by atoms with Crippen LogP contribution in [0.2, 0.25) is 0 Å². The van der Waals surface area contributed by atoms with Crippen LogP contribution in [0.3, 0.4) is 0 Å². The number of aliphatic hydroxyl groups excluding tert-OH is 2. The van der Waals surface area contributed by atoms with Gasteiger partial charge in [0.15, 0.2) is 0 Å². The number of aromatic nitrogens is 2. The van der Waals surface area contributed by atoms with Crippen LogP contribution in [-0.2, 0) is 6.54 Å². The van der Waals surface area contributed by atoms with E-state index < -0.39 is 12.7 Å². The predicted octanol–water partition coefficient (Wildman–Crippen LogP) is -1.09. The molecule has 0 saturated heterocycles. The number of rotatable bonds is 4. The Morgan fingerprint density at radius 2 is 2.33 bits per heavy atom. The first-order valence-corrected chi connectivity index (χ1v) is 4.50. The zero-order valence-corrected chi connectivity index (χ0v) is 8.67. The summed E-state index contributed by atoms with van der Waals surface area (Å²) in [6, 6.07) is 1.47. The average molecular weight is 214 g/mol. The maximum absolute atomic E-state index is 11.5. The molecule has 1 heterocycles. The molecule has 1 unspecified atom stereocenters. The number of nitrogens with zero attached hydrogens (tertiary/aromatic N) is 2. The van der Waals surface area contributed by atoms with E-state index in [-0.39, 0.29) is 18.1 Å². The average Bonchev–Trinajstić information content (AvgIpc) is 2.21. The Labute approximate surface area is 86.8 Å². The van der Waals surface area contributed by atoms with Gasteiger partial charge in [-0.3, -0.25) is 9.36 Å². The van der Waals surface area contributed by atoms with Crippen LogP contribution in [0.15, 0.2) is 10.9 Å². The third kappa shape index (κ3) is 2.77. The molecular weight excluding hydrogens is 200 g/mol. The first kappa shape index (κ1) is 11.7. The first-order chi connectivity index (χ1) is 7.08. The quantitative estimate of drug-likeness (QED) is 0.665. The van der Waals surface area contributed by atoms with Crippen LogP contribution in [-0.4, -0.2) is 39.6 Å².